The maximum atomic E-state index is 12.7. The molecule has 0 bridgehead atoms. The molecule has 0 saturated carbocycles. The lowest BCUT2D eigenvalue weighted by Crippen LogP contribution is -2.50. The summed E-state index contributed by atoms with van der Waals surface area (Å²) in [6.45, 7) is 4.64. The summed E-state index contributed by atoms with van der Waals surface area (Å²) in [6.07, 6.45) is 4.65. The number of carbonyl (C=O) groups is 1. The Morgan fingerprint density at radius 2 is 2.00 bits per heavy atom. The molecule has 4 rings (SSSR count). The Balaban J connectivity index is 1.45. The van der Waals surface area contributed by atoms with E-state index in [1.165, 1.54) is 10.4 Å². The highest BCUT2D eigenvalue weighted by molar-refractivity contribution is 7.16. The van der Waals surface area contributed by atoms with E-state index in [-0.39, 0.29) is 18.0 Å². The van der Waals surface area contributed by atoms with Gasteiger partial charge in [0.05, 0.1) is 4.34 Å². The van der Waals surface area contributed by atoms with Gasteiger partial charge >= 0.3 is 6.03 Å². The molecule has 2 aromatic heterocycles. The quantitative estimate of drug-likeness (QED) is 0.480. The standard InChI is InChI=1S/C23H24Cl2N4OS/c1-15-10-16(12-26-11-15)13-29-9-8-20(19(14-29)21-6-7-22(25)31-21)28-23(30)27-18-4-2-17(24)3-5-18/h2-7,10-12,19-20H,8-9,13-14H2,1H3,(H2,27,28,30)/t19-,20-/m1/s1. The normalized spacial score (nSPS) is 19.2. The average Bonchev–Trinajstić information content (AvgIpc) is 3.17. The first kappa shape index (κ1) is 22.1. The third-order valence-corrected chi connectivity index (χ3v) is 7.03. The maximum absolute atomic E-state index is 12.7. The number of amides is 2. The van der Waals surface area contributed by atoms with Crippen LogP contribution in [0.4, 0.5) is 10.5 Å². The molecule has 1 aliphatic heterocycles. The molecule has 1 fully saturated rings. The lowest BCUT2D eigenvalue weighted by Gasteiger charge is -2.38. The molecule has 3 heterocycles. The van der Waals surface area contributed by atoms with E-state index in [9.17, 15) is 4.79 Å². The number of piperidine rings is 1. The molecule has 0 unspecified atom stereocenters. The van der Waals surface area contributed by atoms with Crippen LogP contribution >= 0.6 is 34.5 Å². The highest BCUT2D eigenvalue weighted by atomic mass is 35.5. The van der Waals surface area contributed by atoms with Gasteiger partial charge in [-0.2, -0.15) is 0 Å². The minimum atomic E-state index is -0.212. The number of carbonyl (C=O) groups excluding carboxylic acids is 1. The third kappa shape index (κ3) is 5.98. The summed E-state index contributed by atoms with van der Waals surface area (Å²) in [5, 5.41) is 6.71. The van der Waals surface area contributed by atoms with Crippen LogP contribution < -0.4 is 10.6 Å². The summed E-state index contributed by atoms with van der Waals surface area (Å²) in [6, 6.07) is 13.1. The van der Waals surface area contributed by atoms with Crippen LogP contribution in [-0.2, 0) is 6.54 Å². The van der Waals surface area contributed by atoms with E-state index >= 15 is 0 Å². The van der Waals surface area contributed by atoms with Crippen molar-refractivity contribution in [1.29, 1.82) is 0 Å². The summed E-state index contributed by atoms with van der Waals surface area (Å²) in [5.74, 6) is 0.167. The predicted octanol–water partition coefficient (Wildman–Crippen LogP) is 5.94. The van der Waals surface area contributed by atoms with Crippen LogP contribution in [0.1, 0.15) is 28.3 Å². The number of nitrogens with one attached hydrogen (secondary N) is 2. The number of halogens is 2. The molecule has 2 amide bonds. The van der Waals surface area contributed by atoms with E-state index in [2.05, 4.69) is 39.6 Å². The van der Waals surface area contributed by atoms with Gasteiger partial charge in [0, 0.05) is 59.6 Å². The lowest BCUT2D eigenvalue weighted by atomic mass is 9.90. The first-order chi connectivity index (χ1) is 15.0. The molecule has 1 saturated heterocycles. The van der Waals surface area contributed by atoms with Gasteiger partial charge in [0.1, 0.15) is 0 Å². The number of anilines is 1. The number of thiophene rings is 1. The number of rotatable bonds is 5. The SMILES string of the molecule is Cc1cncc(CN2CC[C@@H](NC(=O)Nc3ccc(Cl)cc3)[C@H](c3ccc(Cl)s3)C2)c1. The van der Waals surface area contributed by atoms with Gasteiger partial charge in [0.2, 0.25) is 0 Å². The van der Waals surface area contributed by atoms with Crippen molar-refractivity contribution in [3.05, 3.63) is 80.2 Å². The predicted molar refractivity (Wildman–Crippen MR) is 128 cm³/mol. The number of pyridine rings is 1. The topological polar surface area (TPSA) is 57.3 Å². The van der Waals surface area contributed by atoms with Gasteiger partial charge in [0.25, 0.3) is 0 Å². The number of benzene rings is 1. The fourth-order valence-electron chi connectivity index (χ4n) is 3.98. The van der Waals surface area contributed by atoms with Crippen molar-refractivity contribution in [3.63, 3.8) is 0 Å². The van der Waals surface area contributed by atoms with E-state index in [0.717, 1.165) is 36.0 Å². The average molecular weight is 475 g/mol. The fourth-order valence-corrected chi connectivity index (χ4v) is 5.33. The van der Waals surface area contributed by atoms with E-state index in [1.807, 2.05) is 18.5 Å². The summed E-state index contributed by atoms with van der Waals surface area (Å²) in [5.41, 5.74) is 3.08. The molecular formula is C23H24Cl2N4OS. The molecule has 0 spiro atoms. The Labute approximate surface area is 196 Å². The smallest absolute Gasteiger partial charge is 0.319 e. The zero-order valence-corrected chi connectivity index (χ0v) is 19.5. The Morgan fingerprint density at radius 1 is 1.19 bits per heavy atom. The number of aryl methyl sites for hydroxylation is 1. The fraction of sp³-hybridized carbons (Fsp3) is 0.304. The van der Waals surface area contributed by atoms with Crippen molar-refractivity contribution < 1.29 is 4.79 Å². The monoisotopic (exact) mass is 474 g/mol. The number of aromatic nitrogens is 1. The molecule has 8 heteroatoms. The van der Waals surface area contributed by atoms with Crippen molar-refractivity contribution in [2.24, 2.45) is 0 Å². The molecule has 2 N–H and O–H groups in total. The van der Waals surface area contributed by atoms with Crippen molar-refractivity contribution in [1.82, 2.24) is 15.2 Å². The zero-order chi connectivity index (χ0) is 21.8. The summed E-state index contributed by atoms with van der Waals surface area (Å²) in [4.78, 5) is 20.6. The molecule has 1 aliphatic rings. The molecule has 3 aromatic rings. The van der Waals surface area contributed by atoms with Gasteiger partial charge < -0.3 is 10.6 Å². The van der Waals surface area contributed by atoms with Gasteiger partial charge in [-0.1, -0.05) is 29.3 Å². The molecule has 2 atom stereocenters. The van der Waals surface area contributed by atoms with Crippen molar-refractivity contribution in [2.45, 2.75) is 31.8 Å². The maximum Gasteiger partial charge on any atom is 0.319 e. The Hall–Kier alpha value is -2.12. The molecular weight excluding hydrogens is 451 g/mol. The van der Waals surface area contributed by atoms with Gasteiger partial charge in [0.15, 0.2) is 0 Å². The second-order valence-electron chi connectivity index (χ2n) is 7.85. The third-order valence-electron chi connectivity index (χ3n) is 5.41. The van der Waals surface area contributed by atoms with Crippen LogP contribution in [0.2, 0.25) is 9.36 Å². The number of likely N-dealkylation sites (tertiary alicyclic amines) is 1. The van der Waals surface area contributed by atoms with Crippen LogP contribution in [0.5, 0.6) is 0 Å². The number of urea groups is 1. The second-order valence-corrected chi connectivity index (χ2v) is 10.0. The Morgan fingerprint density at radius 3 is 2.71 bits per heavy atom. The van der Waals surface area contributed by atoms with Crippen LogP contribution in [0.15, 0.2) is 54.9 Å². The van der Waals surface area contributed by atoms with E-state index in [1.54, 1.807) is 35.6 Å². The summed E-state index contributed by atoms with van der Waals surface area (Å²) in [7, 11) is 0. The van der Waals surface area contributed by atoms with Crippen LogP contribution in [0.25, 0.3) is 0 Å². The number of nitrogens with zero attached hydrogens (tertiary/aromatic N) is 2. The first-order valence-corrected chi connectivity index (χ1v) is 11.7. The van der Waals surface area contributed by atoms with Gasteiger partial charge in [-0.05, 0) is 60.9 Å². The Kier molecular flexibility index (Phi) is 7.13. The molecule has 31 heavy (non-hydrogen) atoms. The van der Waals surface area contributed by atoms with Gasteiger partial charge in [-0.3, -0.25) is 9.88 Å². The largest absolute Gasteiger partial charge is 0.334 e. The summed E-state index contributed by atoms with van der Waals surface area (Å²) < 4.78 is 0.763. The van der Waals surface area contributed by atoms with Gasteiger partial charge in [-0.25, -0.2) is 4.79 Å². The van der Waals surface area contributed by atoms with E-state index in [0.29, 0.717) is 10.7 Å². The minimum absolute atomic E-state index is 0.0221. The lowest BCUT2D eigenvalue weighted by molar-refractivity contribution is 0.170. The molecule has 0 radical (unpaired) electrons. The molecule has 162 valence electrons. The first-order valence-electron chi connectivity index (χ1n) is 10.2. The molecule has 0 aliphatic carbocycles. The molecule has 1 aromatic carbocycles. The molecule has 5 nitrogen and oxygen atoms in total. The number of hydrogen-bond acceptors (Lipinski definition) is 4. The second kappa shape index (κ2) is 10.0. The zero-order valence-electron chi connectivity index (χ0n) is 17.1. The van der Waals surface area contributed by atoms with Crippen LogP contribution in [0.3, 0.4) is 0 Å². The summed E-state index contributed by atoms with van der Waals surface area (Å²) >= 11 is 13.7. The van der Waals surface area contributed by atoms with E-state index in [4.69, 9.17) is 23.2 Å². The highest BCUT2D eigenvalue weighted by Gasteiger charge is 2.32. The van der Waals surface area contributed by atoms with Gasteiger partial charge in [-0.15, -0.1) is 11.3 Å². The van der Waals surface area contributed by atoms with Crippen molar-refractivity contribution in [3.8, 4) is 0 Å². The van der Waals surface area contributed by atoms with Crippen molar-refractivity contribution >= 4 is 46.3 Å². The van der Waals surface area contributed by atoms with Crippen molar-refractivity contribution in [2.75, 3.05) is 18.4 Å². The van der Waals surface area contributed by atoms with E-state index < -0.39 is 0 Å². The number of hydrogen-bond donors (Lipinski definition) is 2. The van der Waals surface area contributed by atoms with Crippen LogP contribution in [0, 0.1) is 6.92 Å². The minimum Gasteiger partial charge on any atom is -0.334 e. The van der Waals surface area contributed by atoms with Crippen LogP contribution in [-0.4, -0.2) is 35.0 Å². The highest BCUT2D eigenvalue weighted by Crippen LogP contribution is 2.34. The Bertz CT molecular complexity index is 1040.